The molecule has 0 saturated carbocycles. The van der Waals surface area contributed by atoms with Gasteiger partial charge in [-0.2, -0.15) is 0 Å². The van der Waals surface area contributed by atoms with E-state index in [1.54, 1.807) is 17.4 Å². The first kappa shape index (κ1) is 10.9. The van der Waals surface area contributed by atoms with Crippen LogP contribution in [0.15, 0.2) is 36.4 Å². The molecule has 0 unspecified atom stereocenters. The molecule has 2 nitrogen and oxygen atoms in total. The van der Waals surface area contributed by atoms with E-state index in [1.165, 1.54) is 16.7 Å². The minimum atomic E-state index is -0.292. The molecule has 0 fully saturated rings. The van der Waals surface area contributed by atoms with Gasteiger partial charge in [-0.15, -0.1) is 11.3 Å². The van der Waals surface area contributed by atoms with Crippen LogP contribution in [0.4, 0.5) is 0 Å². The molecular weight excluding hydrogens is 220 g/mol. The van der Waals surface area contributed by atoms with E-state index in [0.717, 1.165) is 5.56 Å². The zero-order chi connectivity index (χ0) is 11.5. The first-order valence-electron chi connectivity index (χ1n) is 5.00. The first-order chi connectivity index (χ1) is 7.65. The van der Waals surface area contributed by atoms with E-state index in [0.29, 0.717) is 5.75 Å². The van der Waals surface area contributed by atoms with Gasteiger partial charge < -0.3 is 4.74 Å². The number of carbonyl (C=O) groups is 1. The van der Waals surface area contributed by atoms with Gasteiger partial charge in [-0.25, -0.2) is 0 Å². The molecule has 0 saturated heterocycles. The molecule has 82 valence electrons. The molecular formula is C13H12O2S. The Morgan fingerprint density at radius 1 is 1.25 bits per heavy atom. The van der Waals surface area contributed by atoms with Crippen LogP contribution < -0.4 is 4.74 Å². The van der Waals surface area contributed by atoms with E-state index in [1.807, 2.05) is 18.2 Å². The lowest BCUT2D eigenvalue weighted by Crippen LogP contribution is -2.00. The van der Waals surface area contributed by atoms with Crippen molar-refractivity contribution in [3.05, 3.63) is 41.3 Å². The van der Waals surface area contributed by atoms with Gasteiger partial charge in [0.1, 0.15) is 5.75 Å². The molecule has 0 aliphatic rings. The zero-order valence-corrected chi connectivity index (χ0v) is 10.0. The van der Waals surface area contributed by atoms with Gasteiger partial charge >= 0.3 is 5.97 Å². The third-order valence-corrected chi connectivity index (χ3v) is 3.17. The van der Waals surface area contributed by atoms with E-state index in [-0.39, 0.29) is 5.97 Å². The lowest BCUT2D eigenvalue weighted by molar-refractivity contribution is -0.131. The molecule has 0 aliphatic heterocycles. The van der Waals surface area contributed by atoms with Crippen LogP contribution in [-0.4, -0.2) is 5.97 Å². The molecule has 2 rings (SSSR count). The van der Waals surface area contributed by atoms with E-state index >= 15 is 0 Å². The third-order valence-electron chi connectivity index (χ3n) is 2.12. The van der Waals surface area contributed by atoms with Crippen LogP contribution in [0.5, 0.6) is 5.75 Å². The number of esters is 1. The predicted molar refractivity (Wildman–Crippen MR) is 65.8 cm³/mol. The van der Waals surface area contributed by atoms with Crippen LogP contribution in [0.2, 0.25) is 0 Å². The summed E-state index contributed by atoms with van der Waals surface area (Å²) in [5.41, 5.74) is 1.08. The van der Waals surface area contributed by atoms with Crippen molar-refractivity contribution in [2.75, 3.05) is 0 Å². The minimum Gasteiger partial charge on any atom is -0.427 e. The van der Waals surface area contributed by atoms with Gasteiger partial charge in [-0.1, -0.05) is 12.1 Å². The fourth-order valence-electron chi connectivity index (χ4n) is 1.47. The second-order valence-electron chi connectivity index (χ2n) is 3.53. The molecule has 0 bridgehead atoms. The summed E-state index contributed by atoms with van der Waals surface area (Å²) >= 11 is 1.73. The maximum atomic E-state index is 10.8. The summed E-state index contributed by atoms with van der Waals surface area (Å²) in [4.78, 5) is 13.3. The van der Waals surface area contributed by atoms with Crippen molar-refractivity contribution in [3.8, 4) is 16.2 Å². The summed E-state index contributed by atoms with van der Waals surface area (Å²) < 4.78 is 5.05. The maximum absolute atomic E-state index is 10.8. The Hall–Kier alpha value is -1.61. The number of rotatable bonds is 2. The summed E-state index contributed by atoms with van der Waals surface area (Å²) in [6.07, 6.45) is 0. The van der Waals surface area contributed by atoms with Crippen LogP contribution >= 0.6 is 11.3 Å². The molecule has 0 radical (unpaired) electrons. The lowest BCUT2D eigenvalue weighted by Gasteiger charge is -2.03. The highest BCUT2D eigenvalue weighted by atomic mass is 32.1. The van der Waals surface area contributed by atoms with Gasteiger partial charge in [-0.05, 0) is 36.8 Å². The number of carbonyl (C=O) groups excluding carboxylic acids is 1. The van der Waals surface area contributed by atoms with Gasteiger partial charge in [0, 0.05) is 16.7 Å². The first-order valence-corrected chi connectivity index (χ1v) is 5.82. The van der Waals surface area contributed by atoms with E-state index in [4.69, 9.17) is 4.74 Å². The quantitative estimate of drug-likeness (QED) is 0.583. The fourth-order valence-corrected chi connectivity index (χ4v) is 2.33. The van der Waals surface area contributed by atoms with Crippen LogP contribution in [0.1, 0.15) is 11.8 Å². The molecule has 1 aromatic heterocycles. The zero-order valence-electron chi connectivity index (χ0n) is 9.19. The number of ether oxygens (including phenoxy) is 1. The number of benzene rings is 1. The van der Waals surface area contributed by atoms with E-state index in [2.05, 4.69) is 19.1 Å². The summed E-state index contributed by atoms with van der Waals surface area (Å²) in [5, 5.41) is 0. The molecule has 1 aromatic carbocycles. The Labute approximate surface area is 98.5 Å². The predicted octanol–water partition coefficient (Wildman–Crippen LogP) is 3.65. The van der Waals surface area contributed by atoms with Crippen molar-refractivity contribution >= 4 is 17.3 Å². The Morgan fingerprint density at radius 3 is 2.69 bits per heavy atom. The summed E-state index contributed by atoms with van der Waals surface area (Å²) in [6.45, 7) is 3.48. The topological polar surface area (TPSA) is 26.3 Å². The van der Waals surface area contributed by atoms with Crippen LogP contribution in [0.3, 0.4) is 0 Å². The van der Waals surface area contributed by atoms with Crippen molar-refractivity contribution in [2.45, 2.75) is 13.8 Å². The van der Waals surface area contributed by atoms with Gasteiger partial charge in [-0.3, -0.25) is 4.79 Å². The van der Waals surface area contributed by atoms with E-state index < -0.39 is 0 Å². The average molecular weight is 232 g/mol. The number of aryl methyl sites for hydroxylation is 1. The highest BCUT2D eigenvalue weighted by molar-refractivity contribution is 7.15. The highest BCUT2D eigenvalue weighted by Gasteiger charge is 2.03. The summed E-state index contributed by atoms with van der Waals surface area (Å²) in [5.74, 6) is 0.301. The Kier molecular flexibility index (Phi) is 3.06. The fraction of sp³-hybridized carbons (Fsp3) is 0.154. The molecule has 16 heavy (non-hydrogen) atoms. The Bertz CT molecular complexity index is 514. The number of hydrogen-bond acceptors (Lipinski definition) is 3. The monoisotopic (exact) mass is 232 g/mol. The average Bonchev–Trinajstić information content (AvgIpc) is 2.64. The van der Waals surface area contributed by atoms with Crippen molar-refractivity contribution in [1.82, 2.24) is 0 Å². The van der Waals surface area contributed by atoms with Gasteiger partial charge in [0.2, 0.25) is 0 Å². The summed E-state index contributed by atoms with van der Waals surface area (Å²) in [6, 6.07) is 11.7. The van der Waals surface area contributed by atoms with Gasteiger partial charge in [0.25, 0.3) is 0 Å². The molecule has 0 atom stereocenters. The summed E-state index contributed by atoms with van der Waals surface area (Å²) in [7, 11) is 0. The molecule has 0 N–H and O–H groups in total. The lowest BCUT2D eigenvalue weighted by atomic mass is 10.2. The van der Waals surface area contributed by atoms with E-state index in [9.17, 15) is 4.79 Å². The SMILES string of the molecule is CC(=O)Oc1cccc(-c2ccc(C)s2)c1. The Morgan fingerprint density at radius 2 is 2.06 bits per heavy atom. The number of thiophene rings is 1. The van der Waals surface area contributed by atoms with Gasteiger partial charge in [0.15, 0.2) is 0 Å². The second-order valence-corrected chi connectivity index (χ2v) is 4.82. The molecule has 0 spiro atoms. The van der Waals surface area contributed by atoms with Crippen LogP contribution in [0, 0.1) is 6.92 Å². The van der Waals surface area contributed by atoms with Gasteiger partial charge in [0.05, 0.1) is 0 Å². The third kappa shape index (κ3) is 2.49. The highest BCUT2D eigenvalue weighted by Crippen LogP contribution is 2.29. The van der Waals surface area contributed by atoms with Crippen LogP contribution in [-0.2, 0) is 4.79 Å². The molecule has 1 heterocycles. The normalized spacial score (nSPS) is 10.1. The van der Waals surface area contributed by atoms with Crippen molar-refractivity contribution in [1.29, 1.82) is 0 Å². The number of hydrogen-bond donors (Lipinski definition) is 0. The van der Waals surface area contributed by atoms with Crippen molar-refractivity contribution in [2.24, 2.45) is 0 Å². The Balaban J connectivity index is 2.32. The maximum Gasteiger partial charge on any atom is 0.308 e. The van der Waals surface area contributed by atoms with Crippen molar-refractivity contribution in [3.63, 3.8) is 0 Å². The molecule has 2 aromatic rings. The standard InChI is InChI=1S/C13H12O2S/c1-9-6-7-13(16-9)11-4-3-5-12(8-11)15-10(2)14/h3-8H,1-2H3. The smallest absolute Gasteiger partial charge is 0.308 e. The molecule has 0 aliphatic carbocycles. The molecule has 3 heteroatoms. The largest absolute Gasteiger partial charge is 0.427 e. The minimum absolute atomic E-state index is 0.292. The second kappa shape index (κ2) is 4.49. The molecule has 0 amide bonds. The van der Waals surface area contributed by atoms with Crippen LogP contribution in [0.25, 0.3) is 10.4 Å². The van der Waals surface area contributed by atoms with Crippen molar-refractivity contribution < 1.29 is 9.53 Å².